The fourth-order valence-electron chi connectivity index (χ4n) is 1.07. The Morgan fingerprint density at radius 1 is 0.692 bits per heavy atom. The maximum absolute atomic E-state index is 11.2. The second-order valence-corrected chi connectivity index (χ2v) is 8.08. The summed E-state index contributed by atoms with van der Waals surface area (Å²) in [4.78, 5) is 18.2. The first-order chi connectivity index (χ1) is 12.0. The minimum atomic E-state index is -2.92. The lowest BCUT2D eigenvalue weighted by Gasteiger charge is -2.13. The van der Waals surface area contributed by atoms with Gasteiger partial charge in [0.25, 0.3) is 0 Å². The molecule has 12 nitrogen and oxygen atoms in total. The Morgan fingerprint density at radius 3 is 0.962 bits per heavy atom. The molecule has 0 bridgehead atoms. The number of hydrogen-bond acceptors (Lipinski definition) is 10. The molecule has 0 saturated heterocycles. The summed E-state index contributed by atoms with van der Waals surface area (Å²) >= 11 is 0. The van der Waals surface area contributed by atoms with Crippen molar-refractivity contribution in [3.8, 4) is 0 Å². The highest BCUT2D eigenvalue weighted by Crippen LogP contribution is 2.46. The van der Waals surface area contributed by atoms with Crippen molar-refractivity contribution >= 4 is 27.1 Å². The maximum atomic E-state index is 11.2. The van der Waals surface area contributed by atoms with Gasteiger partial charge < -0.3 is 39.8 Å². The number of hydrogen-bond donors (Lipinski definition) is 4. The summed E-state index contributed by atoms with van der Waals surface area (Å²) in [6, 6.07) is 0. The molecule has 0 saturated carbocycles. The molecule has 0 fully saturated rings. The lowest BCUT2D eigenvalue weighted by atomic mass is 10.7. The average Bonchev–Trinajstić information content (AvgIpc) is 2.57. The van der Waals surface area contributed by atoms with Crippen molar-refractivity contribution < 1.29 is 47.0 Å². The second kappa shape index (κ2) is 17.6. The molecule has 0 rings (SSSR count). The van der Waals surface area contributed by atoms with Crippen LogP contribution in [0.25, 0.3) is 0 Å². The quantitative estimate of drug-likeness (QED) is 0.291. The van der Waals surface area contributed by atoms with E-state index in [2.05, 4.69) is 0 Å². The number of aliphatic carboxylic acids is 2. The molecule has 26 heavy (non-hydrogen) atoms. The van der Waals surface area contributed by atoms with Crippen LogP contribution in [0.2, 0.25) is 0 Å². The van der Waals surface area contributed by atoms with E-state index in [9.17, 15) is 9.13 Å². The van der Waals surface area contributed by atoms with Gasteiger partial charge in [0.1, 0.15) is 0 Å². The van der Waals surface area contributed by atoms with Crippen molar-refractivity contribution in [2.75, 3.05) is 39.0 Å². The molecular weight excluding hydrogens is 394 g/mol. The van der Waals surface area contributed by atoms with E-state index in [1.165, 1.54) is 0 Å². The molecule has 0 spiro atoms. The zero-order chi connectivity index (χ0) is 21.2. The van der Waals surface area contributed by atoms with E-state index >= 15 is 0 Å². The van der Waals surface area contributed by atoms with Crippen molar-refractivity contribution in [3.63, 3.8) is 0 Å². The van der Waals surface area contributed by atoms with E-state index in [1.54, 1.807) is 27.7 Å². The summed E-state index contributed by atoms with van der Waals surface area (Å²) in [7, 11) is -5.84. The van der Waals surface area contributed by atoms with Crippen LogP contribution in [0, 0.1) is 0 Å². The summed E-state index contributed by atoms with van der Waals surface area (Å²) in [6.07, 6.45) is -0.0939. The van der Waals surface area contributed by atoms with Crippen LogP contribution >= 0.6 is 15.2 Å². The molecule has 0 aromatic rings. The minimum Gasteiger partial charge on any atom is -0.473 e. The van der Waals surface area contributed by atoms with E-state index in [0.717, 1.165) is 0 Å². The van der Waals surface area contributed by atoms with Gasteiger partial charge in [0.2, 0.25) is 0 Å². The highest BCUT2D eigenvalue weighted by atomic mass is 31.2. The van der Waals surface area contributed by atoms with Gasteiger partial charge in [-0.3, -0.25) is 9.13 Å². The highest BCUT2D eigenvalue weighted by molar-refractivity contribution is 7.54. The van der Waals surface area contributed by atoms with Crippen LogP contribution in [0.15, 0.2) is 0 Å². The standard InChI is InChI=1S/2C5H14NO3P.C2H2O4/c2*1-3-8-10(7,5-6)9-4-2;3-1(4)2(5)6/h2*3-6H2,1-2H3;(H,3,4)(H,5,6). The van der Waals surface area contributed by atoms with E-state index in [1.807, 2.05) is 0 Å². The van der Waals surface area contributed by atoms with Gasteiger partial charge >= 0.3 is 27.1 Å². The molecule has 0 aromatic carbocycles. The monoisotopic (exact) mass is 424 g/mol. The van der Waals surface area contributed by atoms with Gasteiger partial charge in [0.05, 0.1) is 39.0 Å². The smallest absolute Gasteiger partial charge is 0.414 e. The number of carbonyl (C=O) groups is 2. The highest BCUT2D eigenvalue weighted by Gasteiger charge is 2.20. The van der Waals surface area contributed by atoms with Crippen molar-refractivity contribution in [1.82, 2.24) is 0 Å². The Kier molecular flexibility index (Phi) is 20.2. The molecule has 0 unspecified atom stereocenters. The first-order valence-corrected chi connectivity index (χ1v) is 11.1. The topological polar surface area (TPSA) is 198 Å². The van der Waals surface area contributed by atoms with Gasteiger partial charge in [-0.25, -0.2) is 9.59 Å². The molecule has 158 valence electrons. The predicted molar refractivity (Wildman–Crippen MR) is 95.1 cm³/mol. The van der Waals surface area contributed by atoms with Gasteiger partial charge in [-0.15, -0.1) is 0 Å². The van der Waals surface area contributed by atoms with Crippen molar-refractivity contribution in [2.24, 2.45) is 11.5 Å². The third-order valence-electron chi connectivity index (χ3n) is 1.93. The van der Waals surface area contributed by atoms with E-state index in [-0.39, 0.29) is 12.6 Å². The number of carboxylic acid groups (broad SMARTS) is 2. The Bertz CT molecular complexity index is 413. The molecule has 6 N–H and O–H groups in total. The van der Waals surface area contributed by atoms with E-state index < -0.39 is 27.1 Å². The van der Waals surface area contributed by atoms with E-state index in [4.69, 9.17) is 49.4 Å². The lowest BCUT2D eigenvalue weighted by molar-refractivity contribution is -0.159. The number of carboxylic acids is 2. The van der Waals surface area contributed by atoms with E-state index in [0.29, 0.717) is 26.4 Å². The third-order valence-corrected chi connectivity index (χ3v) is 5.43. The van der Waals surface area contributed by atoms with Crippen molar-refractivity contribution in [2.45, 2.75) is 27.7 Å². The fraction of sp³-hybridized carbons (Fsp3) is 0.833. The number of rotatable bonds is 10. The van der Waals surface area contributed by atoms with Crippen LogP contribution in [-0.4, -0.2) is 61.2 Å². The molecule has 0 heterocycles. The van der Waals surface area contributed by atoms with Gasteiger partial charge in [-0.1, -0.05) is 0 Å². The Balaban J connectivity index is -0.000000316. The van der Waals surface area contributed by atoms with Crippen LogP contribution in [0.1, 0.15) is 27.7 Å². The first kappa shape index (κ1) is 29.9. The molecule has 0 aliphatic rings. The zero-order valence-corrected chi connectivity index (χ0v) is 17.2. The average molecular weight is 424 g/mol. The molecule has 14 heteroatoms. The number of nitrogens with two attached hydrogens (primary N) is 2. The van der Waals surface area contributed by atoms with Crippen LogP contribution in [0.3, 0.4) is 0 Å². The van der Waals surface area contributed by atoms with Crippen LogP contribution in [-0.2, 0) is 36.8 Å². The van der Waals surface area contributed by atoms with Crippen molar-refractivity contribution in [1.29, 1.82) is 0 Å². The molecule has 0 aliphatic heterocycles. The maximum Gasteiger partial charge on any atom is 0.414 e. The summed E-state index contributed by atoms with van der Waals surface area (Å²) in [6.45, 7) is 8.48. The molecule has 0 radical (unpaired) electrons. The summed E-state index contributed by atoms with van der Waals surface area (Å²) < 4.78 is 41.7. The summed E-state index contributed by atoms with van der Waals surface area (Å²) in [5, 5.41) is 14.8. The fourth-order valence-corrected chi connectivity index (χ4v) is 3.22. The van der Waals surface area contributed by atoms with Crippen LogP contribution in [0.4, 0.5) is 0 Å². The van der Waals surface area contributed by atoms with Gasteiger partial charge in [0.15, 0.2) is 0 Å². The summed E-state index contributed by atoms with van der Waals surface area (Å²) in [5.74, 6) is -3.65. The second-order valence-electron chi connectivity index (χ2n) is 3.87. The SMILES string of the molecule is CCOP(=O)(CN)OCC.CCOP(=O)(CN)OCC.O=C(O)C(=O)O. The predicted octanol–water partition coefficient (Wildman–Crippen LogP) is 1.49. The molecule has 0 amide bonds. The normalized spacial score (nSPS) is 10.8. The molecule has 0 atom stereocenters. The first-order valence-electron chi connectivity index (χ1n) is 7.63. The Hall–Kier alpha value is -0.840. The third kappa shape index (κ3) is 18.0. The molecule has 0 aromatic heterocycles. The van der Waals surface area contributed by atoms with Crippen LogP contribution < -0.4 is 11.5 Å². The minimum absolute atomic E-state index is 0.0469. The molecular formula is C12H30N2O10P2. The lowest BCUT2D eigenvalue weighted by Crippen LogP contribution is -2.09. The van der Waals surface area contributed by atoms with Gasteiger partial charge in [-0.2, -0.15) is 0 Å². The largest absolute Gasteiger partial charge is 0.473 e. The Morgan fingerprint density at radius 2 is 0.885 bits per heavy atom. The van der Waals surface area contributed by atoms with Crippen LogP contribution in [0.5, 0.6) is 0 Å². The van der Waals surface area contributed by atoms with Gasteiger partial charge in [-0.05, 0) is 27.7 Å². The summed E-state index contributed by atoms with van der Waals surface area (Å²) in [5.41, 5.74) is 10.3. The van der Waals surface area contributed by atoms with Gasteiger partial charge in [0, 0.05) is 0 Å². The zero-order valence-electron chi connectivity index (χ0n) is 15.5. The van der Waals surface area contributed by atoms with Crippen molar-refractivity contribution in [3.05, 3.63) is 0 Å². The Labute approximate surface area is 153 Å². The molecule has 0 aliphatic carbocycles.